The molecule has 1 aromatic carbocycles. The summed E-state index contributed by atoms with van der Waals surface area (Å²) in [5, 5.41) is 20.1. The molecule has 0 bridgehead atoms. The van der Waals surface area contributed by atoms with Gasteiger partial charge in [-0.05, 0) is 12.5 Å². The minimum Gasteiger partial charge on any atom is -0.465 e. The Kier molecular flexibility index (Phi) is 4.64. The van der Waals surface area contributed by atoms with Gasteiger partial charge in [0.1, 0.15) is 5.02 Å². The van der Waals surface area contributed by atoms with Crippen molar-refractivity contribution >= 4 is 23.4 Å². The Labute approximate surface area is 126 Å². The van der Waals surface area contributed by atoms with E-state index in [1.165, 1.54) is 11.0 Å². The molecule has 0 aromatic heterocycles. The summed E-state index contributed by atoms with van der Waals surface area (Å²) in [6.45, 7) is 3.89. The average molecular weight is 314 g/mol. The molecular weight excluding hydrogens is 298 g/mol. The van der Waals surface area contributed by atoms with E-state index in [1.54, 1.807) is 12.1 Å². The van der Waals surface area contributed by atoms with Crippen molar-refractivity contribution in [1.29, 1.82) is 0 Å². The van der Waals surface area contributed by atoms with Gasteiger partial charge in [0, 0.05) is 38.3 Å². The van der Waals surface area contributed by atoms with E-state index in [-0.39, 0.29) is 16.8 Å². The smallest absolute Gasteiger partial charge is 0.407 e. The minimum absolute atomic E-state index is 0.105. The Morgan fingerprint density at radius 1 is 1.52 bits per heavy atom. The van der Waals surface area contributed by atoms with Gasteiger partial charge in [0.25, 0.3) is 5.69 Å². The van der Waals surface area contributed by atoms with Crippen LogP contribution in [0.25, 0.3) is 0 Å². The molecule has 1 aromatic rings. The van der Waals surface area contributed by atoms with Crippen molar-refractivity contribution in [3.63, 3.8) is 0 Å². The number of hydrogen-bond acceptors (Lipinski definition) is 4. The van der Waals surface area contributed by atoms with Crippen LogP contribution in [0.3, 0.4) is 0 Å². The molecule has 0 aliphatic carbocycles. The molecule has 1 aliphatic rings. The largest absolute Gasteiger partial charge is 0.465 e. The van der Waals surface area contributed by atoms with Gasteiger partial charge < -0.3 is 10.0 Å². The van der Waals surface area contributed by atoms with E-state index in [2.05, 4.69) is 4.90 Å². The Bertz CT molecular complexity index is 566. The lowest BCUT2D eigenvalue weighted by atomic mass is 10.1. The van der Waals surface area contributed by atoms with Gasteiger partial charge in [-0.1, -0.05) is 23.7 Å². The van der Waals surface area contributed by atoms with Crippen LogP contribution in [0.1, 0.15) is 12.5 Å². The highest BCUT2D eigenvalue weighted by Gasteiger charge is 2.27. The molecule has 1 fully saturated rings. The topological polar surface area (TPSA) is 86.9 Å². The van der Waals surface area contributed by atoms with Crippen LogP contribution < -0.4 is 0 Å². The van der Waals surface area contributed by atoms with Gasteiger partial charge in [-0.15, -0.1) is 0 Å². The zero-order valence-electron chi connectivity index (χ0n) is 11.5. The van der Waals surface area contributed by atoms with Crippen molar-refractivity contribution in [2.24, 2.45) is 0 Å². The lowest BCUT2D eigenvalue weighted by Crippen LogP contribution is -2.53. The van der Waals surface area contributed by atoms with E-state index in [9.17, 15) is 14.9 Å². The van der Waals surface area contributed by atoms with Gasteiger partial charge in [-0.25, -0.2) is 4.79 Å². The molecule has 21 heavy (non-hydrogen) atoms. The zero-order valence-corrected chi connectivity index (χ0v) is 12.3. The highest BCUT2D eigenvalue weighted by Crippen LogP contribution is 2.29. The maximum Gasteiger partial charge on any atom is 0.407 e. The lowest BCUT2D eigenvalue weighted by Gasteiger charge is -2.38. The number of halogens is 1. The monoisotopic (exact) mass is 313 g/mol. The second-order valence-corrected chi connectivity index (χ2v) is 5.45. The van der Waals surface area contributed by atoms with E-state index in [0.717, 1.165) is 0 Å². The van der Waals surface area contributed by atoms with Gasteiger partial charge in [-0.2, -0.15) is 0 Å². The summed E-state index contributed by atoms with van der Waals surface area (Å²) in [7, 11) is 0. The van der Waals surface area contributed by atoms with Crippen LogP contribution >= 0.6 is 11.6 Å². The number of nitrogens with zero attached hydrogens (tertiary/aromatic N) is 3. The summed E-state index contributed by atoms with van der Waals surface area (Å²) in [5.41, 5.74) is 0.577. The predicted molar refractivity (Wildman–Crippen MR) is 77.6 cm³/mol. The van der Waals surface area contributed by atoms with Gasteiger partial charge in [0.2, 0.25) is 0 Å². The van der Waals surface area contributed by atoms with Crippen LogP contribution in [-0.4, -0.2) is 51.6 Å². The molecule has 8 heteroatoms. The summed E-state index contributed by atoms with van der Waals surface area (Å²) >= 11 is 6.07. The first-order chi connectivity index (χ1) is 9.90. The number of amides is 1. The second-order valence-electron chi connectivity index (χ2n) is 5.07. The molecule has 0 spiro atoms. The number of nitro benzene ring substituents is 1. The molecule has 0 saturated carbocycles. The van der Waals surface area contributed by atoms with Crippen molar-refractivity contribution in [3.05, 3.63) is 38.9 Å². The van der Waals surface area contributed by atoms with Crippen LogP contribution in [0.15, 0.2) is 18.2 Å². The van der Waals surface area contributed by atoms with Crippen LogP contribution in [0.5, 0.6) is 0 Å². The Balaban J connectivity index is 2.08. The zero-order chi connectivity index (χ0) is 15.6. The second kappa shape index (κ2) is 6.28. The summed E-state index contributed by atoms with van der Waals surface area (Å²) < 4.78 is 0. The van der Waals surface area contributed by atoms with E-state index in [0.29, 0.717) is 31.7 Å². The summed E-state index contributed by atoms with van der Waals surface area (Å²) in [6.07, 6.45) is -0.921. The first-order valence-electron chi connectivity index (χ1n) is 6.54. The highest BCUT2D eigenvalue weighted by atomic mass is 35.5. The Hall–Kier alpha value is -1.86. The van der Waals surface area contributed by atoms with Gasteiger partial charge in [0.05, 0.1) is 4.92 Å². The summed E-state index contributed by atoms with van der Waals surface area (Å²) in [4.78, 5) is 24.8. The molecule has 1 unspecified atom stereocenters. The standard InChI is InChI=1S/C13H16ClN3O4/c1-9-7-15(5-6-16(9)13(18)19)8-10-3-2-4-11(12(10)14)17(20)21/h2-4,9H,5-8H2,1H3,(H,18,19). The van der Waals surface area contributed by atoms with E-state index in [1.807, 2.05) is 6.92 Å². The third kappa shape index (κ3) is 3.43. The number of piperazine rings is 1. The molecule has 0 radical (unpaired) electrons. The molecule has 2 rings (SSSR count). The highest BCUT2D eigenvalue weighted by molar-refractivity contribution is 6.33. The molecule has 1 N–H and O–H groups in total. The third-order valence-electron chi connectivity index (χ3n) is 3.61. The van der Waals surface area contributed by atoms with Gasteiger partial charge in [0.15, 0.2) is 0 Å². The Morgan fingerprint density at radius 3 is 2.81 bits per heavy atom. The van der Waals surface area contributed by atoms with Crippen LogP contribution in [-0.2, 0) is 6.54 Å². The van der Waals surface area contributed by atoms with E-state index >= 15 is 0 Å². The number of carboxylic acid groups (broad SMARTS) is 1. The molecule has 1 aliphatic heterocycles. The van der Waals surface area contributed by atoms with Crippen molar-refractivity contribution in [1.82, 2.24) is 9.80 Å². The Morgan fingerprint density at radius 2 is 2.24 bits per heavy atom. The molecular formula is C13H16ClN3O4. The first kappa shape index (κ1) is 15.5. The van der Waals surface area contributed by atoms with Crippen molar-refractivity contribution < 1.29 is 14.8 Å². The van der Waals surface area contributed by atoms with E-state index < -0.39 is 11.0 Å². The average Bonchev–Trinajstić information content (AvgIpc) is 2.40. The first-order valence-corrected chi connectivity index (χ1v) is 6.91. The number of nitro groups is 1. The molecule has 1 atom stereocenters. The normalized spacial score (nSPS) is 19.5. The molecule has 7 nitrogen and oxygen atoms in total. The predicted octanol–water partition coefficient (Wildman–Crippen LogP) is 2.43. The van der Waals surface area contributed by atoms with Gasteiger partial charge in [-0.3, -0.25) is 15.0 Å². The number of benzene rings is 1. The van der Waals surface area contributed by atoms with Crippen LogP contribution in [0.2, 0.25) is 5.02 Å². The number of rotatable bonds is 3. The fourth-order valence-corrected chi connectivity index (χ4v) is 2.79. The van der Waals surface area contributed by atoms with Gasteiger partial charge >= 0.3 is 6.09 Å². The van der Waals surface area contributed by atoms with E-state index in [4.69, 9.17) is 16.7 Å². The third-order valence-corrected chi connectivity index (χ3v) is 4.04. The summed E-state index contributed by atoms with van der Waals surface area (Å²) in [6, 6.07) is 4.62. The number of carbonyl (C=O) groups is 1. The molecule has 114 valence electrons. The quantitative estimate of drug-likeness (QED) is 0.684. The van der Waals surface area contributed by atoms with Crippen molar-refractivity contribution in [2.75, 3.05) is 19.6 Å². The molecule has 1 saturated heterocycles. The van der Waals surface area contributed by atoms with Crippen LogP contribution in [0.4, 0.5) is 10.5 Å². The summed E-state index contributed by atoms with van der Waals surface area (Å²) in [5.74, 6) is 0. The maximum absolute atomic E-state index is 11.0. The van der Waals surface area contributed by atoms with Crippen molar-refractivity contribution in [3.8, 4) is 0 Å². The number of hydrogen-bond donors (Lipinski definition) is 1. The fourth-order valence-electron chi connectivity index (χ4n) is 2.53. The lowest BCUT2D eigenvalue weighted by molar-refractivity contribution is -0.384. The molecule has 1 amide bonds. The van der Waals surface area contributed by atoms with Crippen LogP contribution in [0, 0.1) is 10.1 Å². The molecule has 1 heterocycles. The fraction of sp³-hybridized carbons (Fsp3) is 0.462. The SMILES string of the molecule is CC1CN(Cc2cccc([N+](=O)[O-])c2Cl)CCN1C(=O)O. The maximum atomic E-state index is 11.0. The van der Waals surface area contributed by atoms with Crippen molar-refractivity contribution in [2.45, 2.75) is 19.5 Å². The minimum atomic E-state index is -0.921.